The summed E-state index contributed by atoms with van der Waals surface area (Å²) >= 11 is 0. The van der Waals surface area contributed by atoms with Gasteiger partial charge in [-0.15, -0.1) is 0 Å². The number of carbonyl (C=O) groups excluding carboxylic acids is 1. The van der Waals surface area contributed by atoms with Gasteiger partial charge in [0.25, 0.3) is 0 Å². The molecule has 0 atom stereocenters. The molecule has 6 heteroatoms. The van der Waals surface area contributed by atoms with E-state index in [1.165, 1.54) is 17.7 Å². The zero-order valence-electron chi connectivity index (χ0n) is 17.0. The van der Waals surface area contributed by atoms with Gasteiger partial charge in [-0.25, -0.2) is 4.39 Å². The van der Waals surface area contributed by atoms with Gasteiger partial charge in [0.15, 0.2) is 5.96 Å². The second kappa shape index (κ2) is 9.89. The molecule has 1 heterocycles. The third-order valence-electron chi connectivity index (χ3n) is 5.76. The van der Waals surface area contributed by atoms with Crippen molar-refractivity contribution in [3.63, 3.8) is 0 Å². The summed E-state index contributed by atoms with van der Waals surface area (Å²) in [5, 5.41) is 6.69. The Hall–Kier alpha value is -2.11. The number of carbonyl (C=O) groups is 1. The molecule has 1 saturated carbocycles. The number of likely N-dealkylation sites (tertiary alicyclic amines) is 1. The quantitative estimate of drug-likeness (QED) is 0.408. The number of guanidine groups is 1. The average molecular weight is 389 g/mol. The Morgan fingerprint density at radius 1 is 1.18 bits per heavy atom. The second-order valence-corrected chi connectivity index (χ2v) is 7.95. The molecule has 3 rings (SSSR count). The van der Waals surface area contributed by atoms with Crippen molar-refractivity contribution < 1.29 is 9.18 Å². The van der Waals surface area contributed by atoms with Crippen LogP contribution < -0.4 is 10.6 Å². The maximum Gasteiger partial charge on any atom is 0.222 e. The minimum atomic E-state index is -0.194. The normalized spacial score (nSPS) is 19.3. The lowest BCUT2D eigenvalue weighted by Crippen LogP contribution is -2.40. The van der Waals surface area contributed by atoms with Crippen LogP contribution in [0.5, 0.6) is 0 Å². The molecule has 0 spiro atoms. The fourth-order valence-electron chi connectivity index (χ4n) is 3.82. The first kappa shape index (κ1) is 20.6. The smallest absolute Gasteiger partial charge is 0.222 e. The minimum Gasteiger partial charge on any atom is -0.357 e. The number of aliphatic imine (C=N–C) groups is 1. The van der Waals surface area contributed by atoms with Gasteiger partial charge in [0.1, 0.15) is 5.82 Å². The van der Waals surface area contributed by atoms with Crippen molar-refractivity contribution in [2.75, 3.05) is 32.7 Å². The predicted octanol–water partition coefficient (Wildman–Crippen LogP) is 3.21. The van der Waals surface area contributed by atoms with E-state index < -0.39 is 0 Å². The predicted molar refractivity (Wildman–Crippen MR) is 111 cm³/mol. The Balaban J connectivity index is 1.47. The van der Waals surface area contributed by atoms with Crippen LogP contribution in [-0.4, -0.2) is 49.5 Å². The lowest BCUT2D eigenvalue weighted by atomic mass is 9.96. The Kier molecular flexibility index (Phi) is 7.29. The summed E-state index contributed by atoms with van der Waals surface area (Å²) in [5.41, 5.74) is 1.24. The van der Waals surface area contributed by atoms with E-state index in [0.717, 1.165) is 70.7 Å². The highest BCUT2D eigenvalue weighted by Crippen LogP contribution is 2.48. The maximum atomic E-state index is 13.2. The number of nitrogens with one attached hydrogen (secondary N) is 2. The number of rotatable bonds is 8. The Morgan fingerprint density at radius 3 is 2.68 bits per heavy atom. The fraction of sp³-hybridized carbons (Fsp3) is 0.636. The summed E-state index contributed by atoms with van der Waals surface area (Å²) in [6.07, 6.45) is 7.11. The Morgan fingerprint density at radius 2 is 1.96 bits per heavy atom. The fourth-order valence-corrected chi connectivity index (χ4v) is 3.82. The lowest BCUT2D eigenvalue weighted by molar-refractivity contribution is -0.130. The molecule has 2 aliphatic rings. The first-order chi connectivity index (χ1) is 13.6. The molecule has 2 fully saturated rings. The SMILES string of the molecule is CCNC(=NCC1(c2ccc(F)cc2)CC1)NCCCN1CCCCCC1=O. The third kappa shape index (κ3) is 5.69. The van der Waals surface area contributed by atoms with E-state index in [-0.39, 0.29) is 11.2 Å². The zero-order valence-corrected chi connectivity index (χ0v) is 17.0. The number of hydrogen-bond donors (Lipinski definition) is 2. The van der Waals surface area contributed by atoms with Crippen LogP contribution in [-0.2, 0) is 10.2 Å². The van der Waals surface area contributed by atoms with Crippen LogP contribution >= 0.6 is 0 Å². The highest BCUT2D eigenvalue weighted by atomic mass is 19.1. The van der Waals surface area contributed by atoms with Crippen LogP contribution in [0.3, 0.4) is 0 Å². The summed E-state index contributed by atoms with van der Waals surface area (Å²) in [6, 6.07) is 6.84. The highest BCUT2D eigenvalue weighted by Gasteiger charge is 2.44. The lowest BCUT2D eigenvalue weighted by Gasteiger charge is -2.21. The first-order valence-corrected chi connectivity index (χ1v) is 10.7. The molecule has 0 bridgehead atoms. The van der Waals surface area contributed by atoms with E-state index in [9.17, 15) is 9.18 Å². The molecule has 2 N–H and O–H groups in total. The van der Waals surface area contributed by atoms with Crippen molar-refractivity contribution in [1.29, 1.82) is 0 Å². The van der Waals surface area contributed by atoms with E-state index in [2.05, 4.69) is 17.6 Å². The summed E-state index contributed by atoms with van der Waals surface area (Å²) in [4.78, 5) is 18.9. The Bertz CT molecular complexity index is 670. The number of benzene rings is 1. The van der Waals surface area contributed by atoms with Crippen LogP contribution in [0.4, 0.5) is 4.39 Å². The molecule has 1 aliphatic carbocycles. The van der Waals surface area contributed by atoms with Crippen molar-refractivity contribution in [3.05, 3.63) is 35.6 Å². The van der Waals surface area contributed by atoms with Crippen molar-refractivity contribution in [2.24, 2.45) is 4.99 Å². The van der Waals surface area contributed by atoms with Gasteiger partial charge in [0.2, 0.25) is 5.91 Å². The maximum absolute atomic E-state index is 13.2. The number of hydrogen-bond acceptors (Lipinski definition) is 2. The van der Waals surface area contributed by atoms with Gasteiger partial charge in [0.05, 0.1) is 6.54 Å². The van der Waals surface area contributed by atoms with Gasteiger partial charge in [-0.1, -0.05) is 18.6 Å². The molecule has 1 aliphatic heterocycles. The second-order valence-electron chi connectivity index (χ2n) is 7.95. The van der Waals surface area contributed by atoms with Crippen molar-refractivity contribution in [3.8, 4) is 0 Å². The molecule has 1 saturated heterocycles. The summed E-state index contributed by atoms with van der Waals surface area (Å²) in [7, 11) is 0. The standard InChI is InChI=1S/C22H33FN4O/c1-2-24-21(25-14-6-16-27-15-5-3-4-7-20(27)28)26-17-22(12-13-22)18-8-10-19(23)11-9-18/h8-11H,2-7,12-17H2,1H3,(H2,24,25,26). The molecule has 0 radical (unpaired) electrons. The molecule has 0 unspecified atom stereocenters. The van der Waals surface area contributed by atoms with Crippen molar-refractivity contribution >= 4 is 11.9 Å². The average Bonchev–Trinajstić information content (AvgIpc) is 3.50. The van der Waals surface area contributed by atoms with Gasteiger partial charge < -0.3 is 15.5 Å². The molecule has 1 amide bonds. The molecule has 1 aromatic carbocycles. The summed E-state index contributed by atoms with van der Waals surface area (Å²) < 4.78 is 13.2. The molecule has 154 valence electrons. The van der Waals surface area contributed by atoms with Gasteiger partial charge in [-0.05, 0) is 56.7 Å². The Labute approximate surface area is 167 Å². The first-order valence-electron chi connectivity index (χ1n) is 10.7. The van der Waals surface area contributed by atoms with E-state index in [1.54, 1.807) is 0 Å². The molecule has 5 nitrogen and oxygen atoms in total. The van der Waals surface area contributed by atoms with E-state index in [0.29, 0.717) is 18.9 Å². The van der Waals surface area contributed by atoms with Crippen LogP contribution in [0.1, 0.15) is 57.4 Å². The highest BCUT2D eigenvalue weighted by molar-refractivity contribution is 5.80. The van der Waals surface area contributed by atoms with Gasteiger partial charge in [-0.2, -0.15) is 0 Å². The number of halogens is 1. The largest absolute Gasteiger partial charge is 0.357 e. The monoisotopic (exact) mass is 388 g/mol. The molecular weight excluding hydrogens is 355 g/mol. The number of amides is 1. The van der Waals surface area contributed by atoms with Crippen LogP contribution in [0, 0.1) is 5.82 Å². The third-order valence-corrected chi connectivity index (χ3v) is 5.76. The van der Waals surface area contributed by atoms with Gasteiger partial charge >= 0.3 is 0 Å². The summed E-state index contributed by atoms with van der Waals surface area (Å²) in [6.45, 7) is 6.07. The van der Waals surface area contributed by atoms with Gasteiger partial charge in [0, 0.05) is 38.0 Å². The van der Waals surface area contributed by atoms with Crippen LogP contribution in [0.25, 0.3) is 0 Å². The van der Waals surface area contributed by atoms with Crippen LogP contribution in [0.2, 0.25) is 0 Å². The molecule has 1 aromatic rings. The zero-order chi connectivity index (χ0) is 19.8. The van der Waals surface area contributed by atoms with Crippen molar-refractivity contribution in [1.82, 2.24) is 15.5 Å². The van der Waals surface area contributed by atoms with Gasteiger partial charge in [-0.3, -0.25) is 9.79 Å². The van der Waals surface area contributed by atoms with E-state index >= 15 is 0 Å². The van der Waals surface area contributed by atoms with Crippen molar-refractivity contribution in [2.45, 2.75) is 57.3 Å². The molecule has 28 heavy (non-hydrogen) atoms. The molecular formula is C22H33FN4O. The summed E-state index contributed by atoms with van der Waals surface area (Å²) in [5.74, 6) is 0.923. The number of nitrogens with zero attached hydrogens (tertiary/aromatic N) is 2. The van der Waals surface area contributed by atoms with E-state index in [4.69, 9.17) is 4.99 Å². The van der Waals surface area contributed by atoms with E-state index in [1.807, 2.05) is 17.0 Å². The molecule has 0 aromatic heterocycles. The topological polar surface area (TPSA) is 56.7 Å². The van der Waals surface area contributed by atoms with Crippen LogP contribution in [0.15, 0.2) is 29.3 Å². The minimum absolute atomic E-state index is 0.0640.